The van der Waals surface area contributed by atoms with Gasteiger partial charge in [0.25, 0.3) is 11.6 Å². The van der Waals surface area contributed by atoms with Gasteiger partial charge in [0.05, 0.1) is 30.2 Å². The summed E-state index contributed by atoms with van der Waals surface area (Å²) in [5, 5.41) is 7.35. The molecular formula is C16H19N3O4. The molecule has 0 bridgehead atoms. The Morgan fingerprint density at radius 3 is 2.87 bits per heavy atom. The van der Waals surface area contributed by atoms with Crippen molar-refractivity contribution in [1.82, 2.24) is 15.5 Å². The summed E-state index contributed by atoms with van der Waals surface area (Å²) in [5.74, 6) is -0.233. The Kier molecular flexibility index (Phi) is 4.02. The van der Waals surface area contributed by atoms with Gasteiger partial charge in [-0.15, -0.1) is 0 Å². The molecule has 7 heteroatoms. The Morgan fingerprint density at radius 1 is 1.48 bits per heavy atom. The zero-order chi connectivity index (χ0) is 16.6. The molecular weight excluding hydrogens is 298 g/mol. The van der Waals surface area contributed by atoms with Crippen molar-refractivity contribution in [2.45, 2.75) is 45.1 Å². The van der Waals surface area contributed by atoms with E-state index in [1.165, 1.54) is 7.11 Å². The lowest BCUT2D eigenvalue weighted by molar-refractivity contribution is -0.141. The quantitative estimate of drug-likeness (QED) is 0.849. The first kappa shape index (κ1) is 15.5. The summed E-state index contributed by atoms with van der Waals surface area (Å²) < 4.78 is 9.85. The first-order valence-electron chi connectivity index (χ1n) is 7.64. The Hall–Kier alpha value is -2.44. The molecule has 1 unspecified atom stereocenters. The van der Waals surface area contributed by atoms with Crippen molar-refractivity contribution >= 4 is 23.0 Å². The summed E-state index contributed by atoms with van der Waals surface area (Å²) in [7, 11) is 1.33. The Morgan fingerprint density at radius 2 is 2.22 bits per heavy atom. The molecule has 0 saturated heterocycles. The van der Waals surface area contributed by atoms with Gasteiger partial charge < -0.3 is 14.6 Å². The Balaban J connectivity index is 1.89. The first-order valence-corrected chi connectivity index (χ1v) is 7.64. The molecule has 1 amide bonds. The number of nitrogens with zero attached hydrogens (tertiary/aromatic N) is 2. The topological polar surface area (TPSA) is 94.3 Å². The van der Waals surface area contributed by atoms with E-state index in [0.717, 1.165) is 18.5 Å². The van der Waals surface area contributed by atoms with Crippen LogP contribution in [-0.4, -0.2) is 35.2 Å². The maximum Gasteiger partial charge on any atom is 0.307 e. The number of aryl methyl sites for hydroxylation is 1. The van der Waals surface area contributed by atoms with Crippen LogP contribution in [0.4, 0.5) is 0 Å². The second-order valence-electron chi connectivity index (χ2n) is 5.97. The van der Waals surface area contributed by atoms with Crippen LogP contribution in [0.25, 0.3) is 11.1 Å². The second kappa shape index (κ2) is 5.98. The fraction of sp³-hybridized carbons (Fsp3) is 0.500. The molecule has 1 fully saturated rings. The monoisotopic (exact) mass is 317 g/mol. The van der Waals surface area contributed by atoms with E-state index in [1.54, 1.807) is 13.8 Å². The Bertz CT molecular complexity index is 764. The van der Waals surface area contributed by atoms with Gasteiger partial charge in [0.15, 0.2) is 0 Å². The molecule has 2 aromatic heterocycles. The average molecular weight is 317 g/mol. The van der Waals surface area contributed by atoms with E-state index >= 15 is 0 Å². The van der Waals surface area contributed by atoms with Gasteiger partial charge in [0.1, 0.15) is 0 Å². The summed E-state index contributed by atoms with van der Waals surface area (Å²) in [5.41, 5.74) is 2.37. The van der Waals surface area contributed by atoms with E-state index in [-0.39, 0.29) is 24.3 Å². The molecule has 7 nitrogen and oxygen atoms in total. The third-order valence-electron chi connectivity index (χ3n) is 3.96. The van der Waals surface area contributed by atoms with Crippen molar-refractivity contribution in [1.29, 1.82) is 0 Å². The van der Waals surface area contributed by atoms with E-state index in [1.807, 2.05) is 6.07 Å². The summed E-state index contributed by atoms with van der Waals surface area (Å²) >= 11 is 0. The molecule has 0 aromatic carbocycles. The van der Waals surface area contributed by atoms with E-state index < -0.39 is 0 Å². The fourth-order valence-electron chi connectivity index (χ4n) is 2.57. The number of nitrogens with one attached hydrogen (secondary N) is 1. The van der Waals surface area contributed by atoms with E-state index in [0.29, 0.717) is 28.3 Å². The normalized spacial score (nSPS) is 15.4. The molecule has 1 atom stereocenters. The number of rotatable bonds is 5. The lowest BCUT2D eigenvalue weighted by Gasteiger charge is -2.13. The zero-order valence-electron chi connectivity index (χ0n) is 13.4. The lowest BCUT2D eigenvalue weighted by atomic mass is 10.1. The van der Waals surface area contributed by atoms with Crippen LogP contribution in [0.1, 0.15) is 53.8 Å². The van der Waals surface area contributed by atoms with Crippen LogP contribution in [-0.2, 0) is 9.53 Å². The number of carbonyl (C=O) groups is 2. The van der Waals surface area contributed by atoms with Crippen LogP contribution in [0.15, 0.2) is 10.6 Å². The summed E-state index contributed by atoms with van der Waals surface area (Å²) in [6, 6.07) is 1.48. The van der Waals surface area contributed by atoms with Gasteiger partial charge >= 0.3 is 5.97 Å². The average Bonchev–Trinajstić information content (AvgIpc) is 3.30. The maximum atomic E-state index is 12.6. The standard InChI is InChI=1S/C16H19N3O4/c1-8(6-13(20)22-3)17-15(21)11-7-12(10-4-5-10)18-16-14(11)9(2)19-23-16/h7-8,10H,4-6H2,1-3H3,(H,17,21). The zero-order valence-corrected chi connectivity index (χ0v) is 13.4. The molecule has 0 spiro atoms. The largest absolute Gasteiger partial charge is 0.469 e. The van der Waals surface area contributed by atoms with Crippen LogP contribution in [0, 0.1) is 6.92 Å². The number of amides is 1. The molecule has 122 valence electrons. The SMILES string of the molecule is COC(=O)CC(C)NC(=O)c1cc(C2CC2)nc2onc(C)c12. The second-order valence-corrected chi connectivity index (χ2v) is 5.97. The molecule has 1 aliphatic rings. The molecule has 3 rings (SSSR count). The highest BCUT2D eigenvalue weighted by atomic mass is 16.5. The number of methoxy groups -OCH3 is 1. The molecule has 0 aliphatic heterocycles. The van der Waals surface area contributed by atoms with Crippen molar-refractivity contribution < 1.29 is 18.8 Å². The van der Waals surface area contributed by atoms with Gasteiger partial charge in [0, 0.05) is 17.7 Å². The number of pyridine rings is 1. The predicted octanol–water partition coefficient (Wildman–Crippen LogP) is 2.09. The van der Waals surface area contributed by atoms with Crippen LogP contribution in [0.3, 0.4) is 0 Å². The third kappa shape index (κ3) is 3.18. The third-order valence-corrected chi connectivity index (χ3v) is 3.96. The van der Waals surface area contributed by atoms with Gasteiger partial charge in [-0.05, 0) is 32.8 Å². The minimum absolute atomic E-state index is 0.120. The molecule has 1 aliphatic carbocycles. The van der Waals surface area contributed by atoms with Gasteiger partial charge in [0.2, 0.25) is 0 Å². The molecule has 1 N–H and O–H groups in total. The number of fused-ring (bicyclic) bond motifs is 1. The summed E-state index contributed by atoms with van der Waals surface area (Å²) in [4.78, 5) is 28.4. The van der Waals surface area contributed by atoms with Crippen LogP contribution in [0.5, 0.6) is 0 Å². The minimum atomic E-state index is -0.363. The maximum absolute atomic E-state index is 12.6. The van der Waals surface area contributed by atoms with Crippen LogP contribution >= 0.6 is 0 Å². The number of hydrogen-bond donors (Lipinski definition) is 1. The number of hydrogen-bond acceptors (Lipinski definition) is 6. The fourth-order valence-corrected chi connectivity index (χ4v) is 2.57. The predicted molar refractivity (Wildman–Crippen MR) is 82.1 cm³/mol. The highest BCUT2D eigenvalue weighted by molar-refractivity contribution is 6.06. The van der Waals surface area contributed by atoms with Gasteiger partial charge in [-0.25, -0.2) is 4.98 Å². The number of ether oxygens (including phenoxy) is 1. The van der Waals surface area contributed by atoms with Crippen molar-refractivity contribution in [2.24, 2.45) is 0 Å². The van der Waals surface area contributed by atoms with Crippen molar-refractivity contribution in [3.63, 3.8) is 0 Å². The van der Waals surface area contributed by atoms with Gasteiger partial charge in [-0.3, -0.25) is 9.59 Å². The highest BCUT2D eigenvalue weighted by Gasteiger charge is 2.29. The number of esters is 1. The smallest absolute Gasteiger partial charge is 0.307 e. The van der Waals surface area contributed by atoms with Crippen LogP contribution in [0.2, 0.25) is 0 Å². The molecule has 2 heterocycles. The van der Waals surface area contributed by atoms with Gasteiger partial charge in [-0.2, -0.15) is 0 Å². The van der Waals surface area contributed by atoms with E-state index in [2.05, 4.69) is 20.2 Å². The molecule has 1 saturated carbocycles. The van der Waals surface area contributed by atoms with Gasteiger partial charge in [-0.1, -0.05) is 5.16 Å². The van der Waals surface area contributed by atoms with Crippen LogP contribution < -0.4 is 5.32 Å². The summed E-state index contributed by atoms with van der Waals surface area (Å²) in [6.45, 7) is 3.54. The first-order chi connectivity index (χ1) is 11.0. The number of carbonyl (C=O) groups excluding carboxylic acids is 2. The van der Waals surface area contributed by atoms with E-state index in [9.17, 15) is 9.59 Å². The Labute approximate surface area is 133 Å². The molecule has 2 aromatic rings. The summed E-state index contributed by atoms with van der Waals surface area (Å²) in [6.07, 6.45) is 2.27. The minimum Gasteiger partial charge on any atom is -0.469 e. The van der Waals surface area contributed by atoms with E-state index in [4.69, 9.17) is 4.52 Å². The highest BCUT2D eigenvalue weighted by Crippen LogP contribution is 2.40. The lowest BCUT2D eigenvalue weighted by Crippen LogP contribution is -2.34. The number of aromatic nitrogens is 2. The van der Waals surface area contributed by atoms with Crippen molar-refractivity contribution in [2.75, 3.05) is 7.11 Å². The molecule has 23 heavy (non-hydrogen) atoms. The van der Waals surface area contributed by atoms with Crippen molar-refractivity contribution in [3.05, 3.63) is 23.0 Å². The van der Waals surface area contributed by atoms with Crippen molar-refractivity contribution in [3.8, 4) is 0 Å². The molecule has 0 radical (unpaired) electrons.